The topological polar surface area (TPSA) is 80.9 Å². The summed E-state index contributed by atoms with van der Waals surface area (Å²) in [6, 6.07) is 16.0. The van der Waals surface area contributed by atoms with Gasteiger partial charge in [0.25, 0.3) is 11.0 Å². The molecule has 0 N–H and O–H groups in total. The van der Waals surface area contributed by atoms with Crippen LogP contribution in [0.1, 0.15) is 25.0 Å². The molecule has 130 valence electrons. The summed E-state index contributed by atoms with van der Waals surface area (Å²) in [7, 11) is 0. The van der Waals surface area contributed by atoms with Crippen molar-refractivity contribution in [3.05, 3.63) is 64.6 Å². The summed E-state index contributed by atoms with van der Waals surface area (Å²) in [6.07, 6.45) is 3.45. The highest BCUT2D eigenvalue weighted by Crippen LogP contribution is 2.25. The first-order valence-electron chi connectivity index (χ1n) is 8.74. The maximum atomic E-state index is 12.9. The van der Waals surface area contributed by atoms with Gasteiger partial charge in [0, 0.05) is 30.9 Å². The Morgan fingerprint density at radius 1 is 0.885 bits per heavy atom. The van der Waals surface area contributed by atoms with E-state index in [0.717, 1.165) is 31.6 Å². The Morgan fingerprint density at radius 2 is 1.62 bits per heavy atom. The molecule has 1 aliphatic rings. The number of anilines is 1. The van der Waals surface area contributed by atoms with Crippen LogP contribution in [0.2, 0.25) is 0 Å². The minimum absolute atomic E-state index is 0.0846. The molecule has 0 unspecified atom stereocenters. The van der Waals surface area contributed by atoms with Crippen molar-refractivity contribution in [2.24, 2.45) is 0 Å². The van der Waals surface area contributed by atoms with Gasteiger partial charge in [0.1, 0.15) is 0 Å². The Morgan fingerprint density at radius 3 is 2.31 bits per heavy atom. The maximum absolute atomic E-state index is 12.9. The highest BCUT2D eigenvalue weighted by Gasteiger charge is 2.30. The molecule has 2 aromatic carbocycles. The molecule has 26 heavy (non-hydrogen) atoms. The molecule has 0 aliphatic carbocycles. The third-order valence-electron chi connectivity index (χ3n) is 4.90. The molecule has 1 saturated heterocycles. The molecule has 3 aromatic rings. The van der Waals surface area contributed by atoms with E-state index in [1.807, 2.05) is 18.2 Å². The third kappa shape index (κ3) is 2.58. The lowest BCUT2D eigenvalue weighted by atomic mass is 10.1. The quantitative estimate of drug-likeness (QED) is 0.528. The second-order valence-electron chi connectivity index (χ2n) is 6.48. The van der Waals surface area contributed by atoms with Crippen molar-refractivity contribution < 1.29 is 9.46 Å². The number of rotatable bonds is 2. The summed E-state index contributed by atoms with van der Waals surface area (Å²) in [4.78, 5) is 2.22. The molecule has 6 nitrogen and oxygen atoms in total. The average Bonchev–Trinajstić information content (AvgIpc) is 2.71. The van der Waals surface area contributed by atoms with Gasteiger partial charge in [0.05, 0.1) is 5.56 Å². The fourth-order valence-electron chi connectivity index (χ4n) is 3.58. The molecule has 0 spiro atoms. The van der Waals surface area contributed by atoms with Gasteiger partial charge < -0.3 is 15.3 Å². The minimum Gasteiger partial charge on any atom is -0.617 e. The van der Waals surface area contributed by atoms with E-state index < -0.39 is 0 Å². The summed E-state index contributed by atoms with van der Waals surface area (Å²) in [5.74, 6) is 0. The van der Waals surface area contributed by atoms with Crippen molar-refractivity contribution >= 4 is 16.7 Å². The Kier molecular flexibility index (Phi) is 4.05. The van der Waals surface area contributed by atoms with Crippen LogP contribution in [-0.2, 0) is 0 Å². The first-order chi connectivity index (χ1) is 12.7. The van der Waals surface area contributed by atoms with Gasteiger partial charge >= 0.3 is 11.4 Å². The highest BCUT2D eigenvalue weighted by molar-refractivity contribution is 5.76. The van der Waals surface area contributed by atoms with E-state index in [4.69, 9.17) is 0 Å². The van der Waals surface area contributed by atoms with Crippen molar-refractivity contribution in [2.45, 2.75) is 19.3 Å². The largest absolute Gasteiger partial charge is 0.617 e. The molecule has 0 bridgehead atoms. The number of hydrogen-bond donors (Lipinski definition) is 0. The lowest BCUT2D eigenvalue weighted by Crippen LogP contribution is -2.43. The molecule has 2 heterocycles. The van der Waals surface area contributed by atoms with Gasteiger partial charge in [-0.05, 0) is 37.5 Å². The molecule has 1 fully saturated rings. The SMILES string of the molecule is N#Cc1c(-c2ccccc2)[n+]([O-])c2ccc(N3CCCCC3)cc2[n+]1[O-]. The second kappa shape index (κ2) is 6.52. The molecule has 1 aromatic heterocycles. The van der Waals surface area contributed by atoms with Crippen molar-refractivity contribution in [3.8, 4) is 17.3 Å². The van der Waals surface area contributed by atoms with Crippen molar-refractivity contribution in [1.82, 2.24) is 0 Å². The van der Waals surface area contributed by atoms with Crippen LogP contribution in [0.15, 0.2) is 48.5 Å². The molecule has 0 saturated carbocycles. The monoisotopic (exact) mass is 346 g/mol. The summed E-state index contributed by atoms with van der Waals surface area (Å²) in [6.45, 7) is 1.88. The van der Waals surface area contributed by atoms with Crippen LogP contribution in [0.4, 0.5) is 5.69 Å². The lowest BCUT2D eigenvalue weighted by molar-refractivity contribution is -0.622. The molecular weight excluding hydrogens is 328 g/mol. The smallest absolute Gasteiger partial charge is 0.369 e. The molecule has 1 aliphatic heterocycles. The molecule has 0 atom stereocenters. The number of nitrogens with zero attached hydrogens (tertiary/aromatic N) is 4. The average molecular weight is 346 g/mol. The number of aromatic nitrogens is 2. The van der Waals surface area contributed by atoms with Crippen LogP contribution in [0.5, 0.6) is 0 Å². The van der Waals surface area contributed by atoms with E-state index in [-0.39, 0.29) is 22.4 Å². The van der Waals surface area contributed by atoms with Gasteiger partial charge in [-0.1, -0.05) is 18.2 Å². The Bertz CT molecular complexity index is 1010. The predicted octanol–water partition coefficient (Wildman–Crippen LogP) is 2.64. The fraction of sp³-hybridized carbons (Fsp3) is 0.250. The third-order valence-corrected chi connectivity index (χ3v) is 4.90. The molecule has 0 radical (unpaired) electrons. The number of nitriles is 1. The van der Waals surface area contributed by atoms with Crippen LogP contribution in [0, 0.1) is 21.7 Å². The van der Waals surface area contributed by atoms with E-state index in [9.17, 15) is 15.7 Å². The van der Waals surface area contributed by atoms with E-state index in [1.165, 1.54) is 6.42 Å². The first kappa shape index (κ1) is 16.2. The minimum atomic E-state index is -0.186. The van der Waals surface area contributed by atoms with Gasteiger partial charge in [-0.3, -0.25) is 0 Å². The van der Waals surface area contributed by atoms with Gasteiger partial charge in [0.2, 0.25) is 0 Å². The van der Waals surface area contributed by atoms with Crippen LogP contribution in [0.3, 0.4) is 0 Å². The van der Waals surface area contributed by atoms with Crippen molar-refractivity contribution in [3.63, 3.8) is 0 Å². The zero-order valence-corrected chi connectivity index (χ0v) is 14.3. The van der Waals surface area contributed by atoms with Gasteiger partial charge in [-0.15, -0.1) is 4.73 Å². The fourth-order valence-corrected chi connectivity index (χ4v) is 3.58. The normalized spacial score (nSPS) is 14.3. The van der Waals surface area contributed by atoms with E-state index in [1.54, 1.807) is 36.4 Å². The van der Waals surface area contributed by atoms with Gasteiger partial charge in [-0.25, -0.2) is 0 Å². The summed E-state index contributed by atoms with van der Waals surface area (Å²) in [5.41, 5.74) is 1.84. The Hall–Kier alpha value is -3.33. The van der Waals surface area contributed by atoms with Crippen molar-refractivity contribution in [1.29, 1.82) is 5.26 Å². The summed E-state index contributed by atoms with van der Waals surface area (Å²) in [5, 5.41) is 35.3. The number of piperidine rings is 1. The zero-order chi connectivity index (χ0) is 18.1. The summed E-state index contributed by atoms with van der Waals surface area (Å²) < 4.78 is 1.27. The second-order valence-corrected chi connectivity index (χ2v) is 6.48. The van der Waals surface area contributed by atoms with E-state index in [2.05, 4.69) is 4.90 Å². The van der Waals surface area contributed by atoms with Crippen LogP contribution in [0.25, 0.3) is 22.3 Å². The molecule has 4 rings (SSSR count). The van der Waals surface area contributed by atoms with E-state index >= 15 is 0 Å². The van der Waals surface area contributed by atoms with Gasteiger partial charge in [-0.2, -0.15) is 9.99 Å². The highest BCUT2D eigenvalue weighted by atomic mass is 16.5. The van der Waals surface area contributed by atoms with Gasteiger partial charge in [0.15, 0.2) is 6.07 Å². The van der Waals surface area contributed by atoms with Crippen molar-refractivity contribution in [2.75, 3.05) is 18.0 Å². The molecule has 6 heteroatoms. The number of benzene rings is 2. The Balaban J connectivity index is 1.94. The maximum Gasteiger partial charge on any atom is 0.369 e. The van der Waals surface area contributed by atoms with E-state index in [0.29, 0.717) is 15.0 Å². The Labute approximate surface area is 151 Å². The molecule has 0 amide bonds. The predicted molar refractivity (Wildman–Crippen MR) is 98.1 cm³/mol. The van der Waals surface area contributed by atoms with Crippen LogP contribution < -0.4 is 14.4 Å². The number of fused-ring (bicyclic) bond motifs is 1. The van der Waals surface area contributed by atoms with Crippen LogP contribution in [-0.4, -0.2) is 13.1 Å². The number of hydrogen-bond acceptors (Lipinski definition) is 4. The first-order valence-corrected chi connectivity index (χ1v) is 8.74. The lowest BCUT2D eigenvalue weighted by Gasteiger charge is -2.28. The summed E-state index contributed by atoms with van der Waals surface area (Å²) >= 11 is 0. The van der Waals surface area contributed by atoms with Crippen LogP contribution >= 0.6 is 0 Å². The zero-order valence-electron chi connectivity index (χ0n) is 14.3. The molecular formula is C20H18N4O2. The standard InChI is InChI=1S/C20H18N4O2/c21-14-19-20(15-7-3-1-4-8-15)24(26)17-10-9-16(13-18(17)23(19)25)22-11-5-2-6-12-22/h1,3-4,7-10,13H,2,5-6,11-12H2.